The summed E-state index contributed by atoms with van der Waals surface area (Å²) in [7, 11) is 0. The maximum atomic E-state index is 11.9. The zero-order chi connectivity index (χ0) is 11.7. The van der Waals surface area contributed by atoms with Crippen LogP contribution in [0.4, 0.5) is 0 Å². The Balaban J connectivity index is 2.46. The Morgan fingerprint density at radius 2 is 2.00 bits per heavy atom. The molecule has 1 unspecified atom stereocenters. The number of hydrogen-bond acceptors (Lipinski definition) is 2. The number of imidazole rings is 1. The number of benzene rings is 1. The van der Waals surface area contributed by atoms with Gasteiger partial charge in [0.25, 0.3) is 0 Å². The lowest BCUT2D eigenvalue weighted by Crippen LogP contribution is -2.09. The van der Waals surface area contributed by atoms with E-state index in [4.69, 9.17) is 0 Å². The second-order valence-corrected chi connectivity index (χ2v) is 4.01. The Morgan fingerprint density at radius 3 is 2.69 bits per heavy atom. The minimum absolute atomic E-state index is 0.0168. The van der Waals surface area contributed by atoms with Crippen molar-refractivity contribution in [3.63, 3.8) is 0 Å². The molecule has 0 saturated heterocycles. The third-order valence-electron chi connectivity index (χ3n) is 2.86. The first-order valence-electron chi connectivity index (χ1n) is 5.38. The molecule has 1 aromatic carbocycles. The largest absolute Gasteiger partial charge is 0.323 e. The number of rotatable bonds is 3. The van der Waals surface area contributed by atoms with Crippen molar-refractivity contribution in [3.05, 3.63) is 34.2 Å². The predicted octanol–water partition coefficient (Wildman–Crippen LogP) is 2.08. The molecule has 1 heterocycles. The predicted molar refractivity (Wildman–Crippen MR) is 62.7 cm³/mol. The summed E-state index contributed by atoms with van der Waals surface area (Å²) in [4.78, 5) is 28.3. The van der Waals surface area contributed by atoms with E-state index in [2.05, 4.69) is 9.97 Å². The quantitative estimate of drug-likeness (QED) is 0.774. The van der Waals surface area contributed by atoms with Gasteiger partial charge in [0.05, 0.1) is 11.0 Å². The molecule has 0 radical (unpaired) electrons. The number of fused-ring (bicyclic) bond motifs is 1. The zero-order valence-electron chi connectivity index (χ0n) is 9.33. The highest BCUT2D eigenvalue weighted by atomic mass is 16.1. The lowest BCUT2D eigenvalue weighted by atomic mass is 9.97. The highest BCUT2D eigenvalue weighted by Gasteiger charge is 2.13. The molecule has 2 aromatic rings. The number of aromatic amines is 2. The number of Topliss-reactive ketones (excluding diaryl/α,β-unsaturated/α-hetero) is 1. The molecule has 16 heavy (non-hydrogen) atoms. The minimum atomic E-state index is -0.247. The Labute approximate surface area is 92.7 Å². The van der Waals surface area contributed by atoms with Crippen molar-refractivity contribution in [1.82, 2.24) is 9.97 Å². The SMILES string of the molecule is CCC(C)C(=O)c1ccc2[nH]c(=O)[nH]c2c1. The third-order valence-corrected chi connectivity index (χ3v) is 2.86. The molecule has 84 valence electrons. The monoisotopic (exact) mass is 218 g/mol. The topological polar surface area (TPSA) is 65.7 Å². The van der Waals surface area contributed by atoms with E-state index < -0.39 is 0 Å². The zero-order valence-corrected chi connectivity index (χ0v) is 9.33. The van der Waals surface area contributed by atoms with Gasteiger partial charge in [-0.15, -0.1) is 0 Å². The van der Waals surface area contributed by atoms with E-state index in [1.165, 1.54) is 0 Å². The van der Waals surface area contributed by atoms with Crippen LogP contribution in [0.15, 0.2) is 23.0 Å². The number of aromatic nitrogens is 2. The first-order valence-corrected chi connectivity index (χ1v) is 5.38. The van der Waals surface area contributed by atoms with Crippen molar-refractivity contribution in [3.8, 4) is 0 Å². The lowest BCUT2D eigenvalue weighted by molar-refractivity contribution is 0.0927. The molecule has 4 heteroatoms. The molecule has 2 N–H and O–H groups in total. The van der Waals surface area contributed by atoms with Gasteiger partial charge in [-0.05, 0) is 24.6 Å². The first kappa shape index (κ1) is 10.7. The number of ketones is 1. The maximum Gasteiger partial charge on any atom is 0.323 e. The fourth-order valence-corrected chi connectivity index (χ4v) is 1.66. The van der Waals surface area contributed by atoms with Crippen LogP contribution in [-0.4, -0.2) is 15.8 Å². The molecule has 0 amide bonds. The summed E-state index contributed by atoms with van der Waals surface area (Å²) in [5.74, 6) is 0.134. The Bertz CT molecular complexity index is 580. The van der Waals surface area contributed by atoms with E-state index in [-0.39, 0.29) is 17.4 Å². The van der Waals surface area contributed by atoms with E-state index in [9.17, 15) is 9.59 Å². The molecule has 0 fully saturated rings. The molecule has 0 bridgehead atoms. The van der Waals surface area contributed by atoms with Crippen LogP contribution in [-0.2, 0) is 0 Å². The summed E-state index contributed by atoms with van der Waals surface area (Å²) in [6, 6.07) is 5.23. The number of nitrogens with one attached hydrogen (secondary N) is 2. The highest BCUT2D eigenvalue weighted by molar-refractivity contribution is 6.00. The van der Waals surface area contributed by atoms with Crippen molar-refractivity contribution < 1.29 is 4.79 Å². The summed E-state index contributed by atoms with van der Waals surface area (Å²) >= 11 is 0. The van der Waals surface area contributed by atoms with Crippen LogP contribution < -0.4 is 5.69 Å². The summed E-state index contributed by atoms with van der Waals surface area (Å²) in [6.45, 7) is 3.89. The van der Waals surface area contributed by atoms with Gasteiger partial charge in [-0.2, -0.15) is 0 Å². The second kappa shape index (κ2) is 3.96. The Morgan fingerprint density at radius 1 is 1.31 bits per heavy atom. The summed E-state index contributed by atoms with van der Waals surface area (Å²) < 4.78 is 0. The smallest absolute Gasteiger partial charge is 0.306 e. The average molecular weight is 218 g/mol. The van der Waals surface area contributed by atoms with Gasteiger partial charge in [0, 0.05) is 11.5 Å². The van der Waals surface area contributed by atoms with Crippen LogP contribution in [0.3, 0.4) is 0 Å². The minimum Gasteiger partial charge on any atom is -0.306 e. The third kappa shape index (κ3) is 1.78. The van der Waals surface area contributed by atoms with Crippen molar-refractivity contribution >= 4 is 16.8 Å². The average Bonchev–Trinajstić information content (AvgIpc) is 2.65. The molecule has 0 aliphatic heterocycles. The van der Waals surface area contributed by atoms with Crippen LogP contribution in [0.5, 0.6) is 0 Å². The van der Waals surface area contributed by atoms with E-state index in [0.29, 0.717) is 11.1 Å². The van der Waals surface area contributed by atoms with Gasteiger partial charge >= 0.3 is 5.69 Å². The van der Waals surface area contributed by atoms with Crippen LogP contribution in [0.25, 0.3) is 11.0 Å². The van der Waals surface area contributed by atoms with Crippen molar-refractivity contribution in [2.75, 3.05) is 0 Å². The summed E-state index contributed by atoms with van der Waals surface area (Å²) in [6.07, 6.45) is 0.820. The summed E-state index contributed by atoms with van der Waals surface area (Å²) in [5.41, 5.74) is 1.81. The van der Waals surface area contributed by atoms with Crippen molar-refractivity contribution in [2.24, 2.45) is 5.92 Å². The Kier molecular flexibility index (Phi) is 2.64. The van der Waals surface area contributed by atoms with Gasteiger partial charge < -0.3 is 9.97 Å². The van der Waals surface area contributed by atoms with Gasteiger partial charge in [-0.1, -0.05) is 13.8 Å². The maximum absolute atomic E-state index is 11.9. The number of carbonyl (C=O) groups excluding carboxylic acids is 1. The van der Waals surface area contributed by atoms with Gasteiger partial charge in [-0.3, -0.25) is 4.79 Å². The second-order valence-electron chi connectivity index (χ2n) is 4.01. The molecule has 1 atom stereocenters. The highest BCUT2D eigenvalue weighted by Crippen LogP contribution is 2.15. The van der Waals surface area contributed by atoms with Crippen LogP contribution in [0.1, 0.15) is 30.6 Å². The summed E-state index contributed by atoms with van der Waals surface area (Å²) in [5, 5.41) is 0. The fourth-order valence-electron chi connectivity index (χ4n) is 1.66. The molecule has 0 aliphatic carbocycles. The van der Waals surface area contributed by atoms with Gasteiger partial charge in [0.2, 0.25) is 0 Å². The Hall–Kier alpha value is -1.84. The standard InChI is InChI=1S/C12H14N2O2/c1-3-7(2)11(15)8-4-5-9-10(6-8)14-12(16)13-9/h4-7H,3H2,1-2H3,(H2,13,14,16). The first-order chi connectivity index (χ1) is 7.61. The number of carbonyl (C=O) groups is 1. The molecule has 0 spiro atoms. The van der Waals surface area contributed by atoms with Gasteiger partial charge in [0.1, 0.15) is 0 Å². The number of hydrogen-bond donors (Lipinski definition) is 2. The van der Waals surface area contributed by atoms with Gasteiger partial charge in [0.15, 0.2) is 5.78 Å². The van der Waals surface area contributed by atoms with Crippen molar-refractivity contribution in [1.29, 1.82) is 0 Å². The fraction of sp³-hybridized carbons (Fsp3) is 0.333. The van der Waals surface area contributed by atoms with E-state index in [1.54, 1.807) is 18.2 Å². The van der Waals surface area contributed by atoms with Crippen molar-refractivity contribution in [2.45, 2.75) is 20.3 Å². The van der Waals surface area contributed by atoms with E-state index >= 15 is 0 Å². The van der Waals surface area contributed by atoms with Gasteiger partial charge in [-0.25, -0.2) is 4.79 Å². The molecule has 2 rings (SSSR count). The number of H-pyrrole nitrogens is 2. The van der Waals surface area contributed by atoms with Crippen LogP contribution >= 0.6 is 0 Å². The lowest BCUT2D eigenvalue weighted by Gasteiger charge is -2.06. The van der Waals surface area contributed by atoms with Crippen LogP contribution in [0.2, 0.25) is 0 Å². The van der Waals surface area contributed by atoms with E-state index in [1.807, 2.05) is 13.8 Å². The molecular weight excluding hydrogens is 204 g/mol. The van der Waals surface area contributed by atoms with Crippen LogP contribution in [0, 0.1) is 5.92 Å². The molecule has 1 aromatic heterocycles. The molecule has 0 aliphatic rings. The molecular formula is C12H14N2O2. The normalized spacial score (nSPS) is 12.9. The molecule has 0 saturated carbocycles. The molecule has 4 nitrogen and oxygen atoms in total. The van der Waals surface area contributed by atoms with E-state index in [0.717, 1.165) is 11.9 Å².